The SMILES string of the molecule is CC(=O)NCc1cc(CCN(C)C)cc(CNC(C)=O)c1. The lowest BCUT2D eigenvalue weighted by molar-refractivity contribution is -0.119. The first-order chi connectivity index (χ1) is 9.86. The van der Waals surface area contributed by atoms with Crippen LogP contribution in [0, 0.1) is 0 Å². The standard InChI is InChI=1S/C16H25N3O2/c1-12(20)17-10-15-7-14(5-6-19(3)4)8-16(9-15)11-18-13(2)21/h7-9H,5-6,10-11H2,1-4H3,(H,17,20)(H,18,21). The van der Waals surface area contributed by atoms with E-state index in [9.17, 15) is 9.59 Å². The van der Waals surface area contributed by atoms with Crippen molar-refractivity contribution in [3.8, 4) is 0 Å². The number of benzene rings is 1. The van der Waals surface area contributed by atoms with Crippen molar-refractivity contribution in [1.82, 2.24) is 15.5 Å². The molecule has 0 aliphatic heterocycles. The van der Waals surface area contributed by atoms with Crippen LogP contribution in [0.3, 0.4) is 0 Å². The molecule has 116 valence electrons. The molecule has 5 heteroatoms. The van der Waals surface area contributed by atoms with E-state index < -0.39 is 0 Å². The van der Waals surface area contributed by atoms with Crippen molar-refractivity contribution in [2.45, 2.75) is 33.4 Å². The van der Waals surface area contributed by atoms with Gasteiger partial charge in [0.25, 0.3) is 0 Å². The Labute approximate surface area is 126 Å². The average molecular weight is 291 g/mol. The summed E-state index contributed by atoms with van der Waals surface area (Å²) in [5, 5.41) is 5.62. The van der Waals surface area contributed by atoms with Crippen molar-refractivity contribution in [2.24, 2.45) is 0 Å². The molecule has 0 atom stereocenters. The molecule has 0 fully saturated rings. The van der Waals surface area contributed by atoms with Crippen LogP contribution in [0.2, 0.25) is 0 Å². The molecule has 0 bridgehead atoms. The van der Waals surface area contributed by atoms with Gasteiger partial charge >= 0.3 is 0 Å². The van der Waals surface area contributed by atoms with Gasteiger partial charge in [-0.05, 0) is 37.2 Å². The van der Waals surface area contributed by atoms with E-state index in [-0.39, 0.29) is 11.8 Å². The Hall–Kier alpha value is -1.88. The van der Waals surface area contributed by atoms with Gasteiger partial charge in [-0.2, -0.15) is 0 Å². The molecule has 2 amide bonds. The van der Waals surface area contributed by atoms with Crippen LogP contribution in [-0.2, 0) is 29.1 Å². The van der Waals surface area contributed by atoms with Crippen molar-refractivity contribution in [1.29, 1.82) is 0 Å². The van der Waals surface area contributed by atoms with Gasteiger partial charge in [0.05, 0.1) is 0 Å². The van der Waals surface area contributed by atoms with Crippen LogP contribution in [0.5, 0.6) is 0 Å². The van der Waals surface area contributed by atoms with E-state index in [1.165, 1.54) is 19.4 Å². The smallest absolute Gasteiger partial charge is 0.217 e. The Morgan fingerprint density at radius 3 is 1.71 bits per heavy atom. The van der Waals surface area contributed by atoms with Crippen molar-refractivity contribution < 1.29 is 9.59 Å². The normalized spacial score (nSPS) is 10.5. The molecule has 0 heterocycles. The number of carbonyl (C=O) groups is 2. The zero-order chi connectivity index (χ0) is 15.8. The van der Waals surface area contributed by atoms with Crippen LogP contribution < -0.4 is 10.6 Å². The van der Waals surface area contributed by atoms with Crippen molar-refractivity contribution >= 4 is 11.8 Å². The minimum absolute atomic E-state index is 0.0443. The average Bonchev–Trinajstić information content (AvgIpc) is 2.40. The third-order valence-electron chi connectivity index (χ3n) is 3.04. The second kappa shape index (κ2) is 8.42. The molecule has 0 aliphatic rings. The third-order valence-corrected chi connectivity index (χ3v) is 3.04. The van der Waals surface area contributed by atoms with Crippen LogP contribution in [0.25, 0.3) is 0 Å². The predicted molar refractivity (Wildman–Crippen MR) is 83.7 cm³/mol. The van der Waals surface area contributed by atoms with Gasteiger partial charge in [0.2, 0.25) is 11.8 Å². The number of carbonyl (C=O) groups excluding carboxylic acids is 2. The summed E-state index contributed by atoms with van der Waals surface area (Å²) in [6.45, 7) is 5.00. The highest BCUT2D eigenvalue weighted by molar-refractivity contribution is 5.73. The maximum Gasteiger partial charge on any atom is 0.217 e. The molecule has 0 radical (unpaired) electrons. The van der Waals surface area contributed by atoms with Crippen LogP contribution in [0.15, 0.2) is 18.2 Å². The van der Waals surface area contributed by atoms with Gasteiger partial charge in [-0.1, -0.05) is 18.2 Å². The minimum atomic E-state index is -0.0443. The number of hydrogen-bond donors (Lipinski definition) is 2. The number of nitrogens with zero attached hydrogens (tertiary/aromatic N) is 1. The summed E-state index contributed by atoms with van der Waals surface area (Å²) >= 11 is 0. The zero-order valence-corrected chi connectivity index (χ0v) is 13.3. The van der Waals surface area contributed by atoms with Crippen molar-refractivity contribution in [2.75, 3.05) is 20.6 Å². The Kier molecular flexibility index (Phi) is 6.88. The van der Waals surface area contributed by atoms with Crippen LogP contribution in [0.1, 0.15) is 30.5 Å². The number of likely N-dealkylation sites (N-methyl/N-ethyl adjacent to an activating group) is 1. The van der Waals surface area contributed by atoms with Gasteiger partial charge < -0.3 is 15.5 Å². The maximum absolute atomic E-state index is 11.0. The fourth-order valence-corrected chi connectivity index (χ4v) is 1.99. The lowest BCUT2D eigenvalue weighted by Crippen LogP contribution is -2.21. The molecule has 5 nitrogen and oxygen atoms in total. The molecule has 0 spiro atoms. The largest absolute Gasteiger partial charge is 0.352 e. The number of rotatable bonds is 7. The van der Waals surface area contributed by atoms with E-state index in [0.29, 0.717) is 13.1 Å². The van der Waals surface area contributed by atoms with E-state index in [0.717, 1.165) is 24.1 Å². The topological polar surface area (TPSA) is 61.4 Å². The highest BCUT2D eigenvalue weighted by Gasteiger charge is 2.04. The molecule has 0 aromatic heterocycles. The van der Waals surface area contributed by atoms with E-state index in [1.807, 2.05) is 20.2 Å². The first kappa shape index (κ1) is 17.2. The Morgan fingerprint density at radius 1 is 0.905 bits per heavy atom. The first-order valence-corrected chi connectivity index (χ1v) is 7.12. The van der Waals surface area contributed by atoms with Gasteiger partial charge in [-0.3, -0.25) is 9.59 Å². The second-order valence-corrected chi connectivity index (χ2v) is 5.53. The van der Waals surface area contributed by atoms with Gasteiger partial charge in [-0.25, -0.2) is 0 Å². The van der Waals surface area contributed by atoms with Crippen LogP contribution >= 0.6 is 0 Å². The van der Waals surface area contributed by atoms with E-state index >= 15 is 0 Å². The molecule has 1 rings (SSSR count). The fraction of sp³-hybridized carbons (Fsp3) is 0.500. The monoisotopic (exact) mass is 291 g/mol. The van der Waals surface area contributed by atoms with Crippen LogP contribution in [-0.4, -0.2) is 37.4 Å². The molecular formula is C16H25N3O2. The van der Waals surface area contributed by atoms with Crippen LogP contribution in [0.4, 0.5) is 0 Å². The molecule has 21 heavy (non-hydrogen) atoms. The summed E-state index contributed by atoms with van der Waals surface area (Å²) in [4.78, 5) is 24.2. The summed E-state index contributed by atoms with van der Waals surface area (Å²) in [7, 11) is 4.08. The predicted octanol–water partition coefficient (Wildman–Crippen LogP) is 1.06. The fourth-order valence-electron chi connectivity index (χ4n) is 1.99. The highest BCUT2D eigenvalue weighted by atomic mass is 16.1. The summed E-state index contributed by atoms with van der Waals surface area (Å²) in [6, 6.07) is 6.23. The Morgan fingerprint density at radius 2 is 1.33 bits per heavy atom. The summed E-state index contributed by atoms with van der Waals surface area (Å²) < 4.78 is 0. The molecular weight excluding hydrogens is 266 g/mol. The van der Waals surface area contributed by atoms with Crippen molar-refractivity contribution in [3.05, 3.63) is 34.9 Å². The highest BCUT2D eigenvalue weighted by Crippen LogP contribution is 2.12. The second-order valence-electron chi connectivity index (χ2n) is 5.53. The summed E-state index contributed by atoms with van der Waals surface area (Å²) in [6.07, 6.45) is 0.938. The van der Waals surface area contributed by atoms with E-state index in [1.54, 1.807) is 0 Å². The molecule has 2 N–H and O–H groups in total. The lowest BCUT2D eigenvalue weighted by atomic mass is 10.0. The minimum Gasteiger partial charge on any atom is -0.352 e. The van der Waals surface area contributed by atoms with Gasteiger partial charge in [-0.15, -0.1) is 0 Å². The zero-order valence-electron chi connectivity index (χ0n) is 13.3. The number of amides is 2. The maximum atomic E-state index is 11.0. The number of nitrogens with one attached hydrogen (secondary N) is 2. The van der Waals surface area contributed by atoms with Gasteiger partial charge in [0.1, 0.15) is 0 Å². The number of hydrogen-bond acceptors (Lipinski definition) is 3. The summed E-state index contributed by atoms with van der Waals surface area (Å²) in [5.41, 5.74) is 3.33. The quantitative estimate of drug-likeness (QED) is 0.790. The molecule has 1 aromatic rings. The van der Waals surface area contributed by atoms with E-state index in [4.69, 9.17) is 0 Å². The third kappa shape index (κ3) is 7.46. The first-order valence-electron chi connectivity index (χ1n) is 7.12. The molecule has 0 saturated carbocycles. The van der Waals surface area contributed by atoms with Crippen molar-refractivity contribution in [3.63, 3.8) is 0 Å². The summed E-state index contributed by atoms with van der Waals surface area (Å²) in [5.74, 6) is -0.0887. The van der Waals surface area contributed by atoms with E-state index in [2.05, 4.69) is 27.7 Å². The van der Waals surface area contributed by atoms with Gasteiger partial charge in [0, 0.05) is 33.5 Å². The van der Waals surface area contributed by atoms with Gasteiger partial charge in [0.15, 0.2) is 0 Å². The molecule has 0 aliphatic carbocycles. The Balaban J connectivity index is 2.84. The molecule has 0 unspecified atom stereocenters. The Bertz CT molecular complexity index is 462. The lowest BCUT2D eigenvalue weighted by Gasteiger charge is -2.13. The molecule has 1 aromatic carbocycles. The molecule has 0 saturated heterocycles.